The predicted octanol–water partition coefficient (Wildman–Crippen LogP) is 4.32. The minimum Gasteiger partial charge on any atom is -0.496 e. The summed E-state index contributed by atoms with van der Waals surface area (Å²) in [5.41, 5.74) is 1.90. The first-order valence-corrected chi connectivity index (χ1v) is 9.15. The van der Waals surface area contributed by atoms with Crippen LogP contribution in [0, 0.1) is 0 Å². The lowest BCUT2D eigenvalue weighted by Crippen LogP contribution is -2.17. The van der Waals surface area contributed by atoms with Crippen molar-refractivity contribution in [3.8, 4) is 11.5 Å². The summed E-state index contributed by atoms with van der Waals surface area (Å²) < 4.78 is 11.8. The van der Waals surface area contributed by atoms with Crippen LogP contribution in [0.15, 0.2) is 65.6 Å². The van der Waals surface area contributed by atoms with E-state index in [4.69, 9.17) is 21.7 Å². The topological polar surface area (TPSA) is 47.6 Å². The fourth-order valence-corrected chi connectivity index (χ4v) is 3.40. The van der Waals surface area contributed by atoms with E-state index in [-0.39, 0.29) is 5.91 Å². The summed E-state index contributed by atoms with van der Waals surface area (Å²) in [4.78, 5) is 12.2. The fraction of sp³-hybridized carbons (Fsp3) is 0.100. The van der Waals surface area contributed by atoms with Crippen LogP contribution in [-0.2, 0) is 11.4 Å². The summed E-state index contributed by atoms with van der Waals surface area (Å²) in [5.74, 6) is 1.39. The molecule has 0 aromatic heterocycles. The third-order valence-electron chi connectivity index (χ3n) is 3.66. The molecule has 1 aliphatic heterocycles. The first-order valence-electron chi connectivity index (χ1n) is 7.92. The molecule has 1 aliphatic rings. The Morgan fingerprint density at radius 2 is 1.85 bits per heavy atom. The molecule has 2 aromatic rings. The number of benzene rings is 2. The molecule has 0 saturated carbocycles. The van der Waals surface area contributed by atoms with Gasteiger partial charge in [0, 0.05) is 11.1 Å². The Morgan fingerprint density at radius 1 is 1.12 bits per heavy atom. The number of ether oxygens (including phenoxy) is 2. The molecule has 1 amide bonds. The van der Waals surface area contributed by atoms with Crippen LogP contribution in [0.1, 0.15) is 11.1 Å². The summed E-state index contributed by atoms with van der Waals surface area (Å²) in [5, 5.41) is 2.59. The van der Waals surface area contributed by atoms with Crippen molar-refractivity contribution in [1.29, 1.82) is 0 Å². The molecule has 0 unspecified atom stereocenters. The number of rotatable bonds is 6. The minimum absolute atomic E-state index is 0.162. The molecule has 0 radical (unpaired) electrons. The van der Waals surface area contributed by atoms with Crippen molar-refractivity contribution < 1.29 is 14.3 Å². The molecule has 2 aromatic carbocycles. The van der Waals surface area contributed by atoms with Gasteiger partial charge in [0.1, 0.15) is 22.4 Å². The molecule has 1 heterocycles. The van der Waals surface area contributed by atoms with Crippen LogP contribution in [0.25, 0.3) is 6.08 Å². The summed E-state index contributed by atoms with van der Waals surface area (Å²) in [6, 6.07) is 15.5. The van der Waals surface area contributed by atoms with Crippen molar-refractivity contribution in [2.24, 2.45) is 0 Å². The van der Waals surface area contributed by atoms with Gasteiger partial charge in [0.25, 0.3) is 5.91 Å². The Hall–Kier alpha value is -2.57. The number of thiocarbonyl (C=S) groups is 1. The van der Waals surface area contributed by atoms with Gasteiger partial charge in [-0.2, -0.15) is 0 Å². The van der Waals surface area contributed by atoms with Gasteiger partial charge in [0.05, 0.1) is 12.0 Å². The van der Waals surface area contributed by atoms with Crippen molar-refractivity contribution >= 4 is 40.3 Å². The zero-order valence-corrected chi connectivity index (χ0v) is 15.7. The largest absolute Gasteiger partial charge is 0.496 e. The van der Waals surface area contributed by atoms with Crippen molar-refractivity contribution in [3.05, 3.63) is 76.7 Å². The highest BCUT2D eigenvalue weighted by molar-refractivity contribution is 8.26. The van der Waals surface area contributed by atoms with Crippen molar-refractivity contribution in [3.63, 3.8) is 0 Å². The average Bonchev–Trinajstić information content (AvgIpc) is 2.98. The standard InChI is InChI=1S/C20H17NO3S2/c1-23-16-10-4-3-8-15(16)13-24-17-11-5-2-7-14(17)9-6-12-18-19(22)21-20(25)26-18/h2-12H,13H2,1H3,(H,21,22,25)/b9-6+,18-12+. The van der Waals surface area contributed by atoms with Crippen LogP contribution < -0.4 is 14.8 Å². The lowest BCUT2D eigenvalue weighted by atomic mass is 10.1. The van der Waals surface area contributed by atoms with E-state index in [2.05, 4.69) is 5.32 Å². The van der Waals surface area contributed by atoms with Crippen molar-refractivity contribution in [2.75, 3.05) is 7.11 Å². The smallest absolute Gasteiger partial charge is 0.263 e. The Kier molecular flexibility index (Phi) is 6.09. The van der Waals surface area contributed by atoms with Crippen LogP contribution >= 0.6 is 24.0 Å². The third-order valence-corrected chi connectivity index (χ3v) is 4.84. The van der Waals surface area contributed by atoms with E-state index in [1.54, 1.807) is 13.2 Å². The van der Waals surface area contributed by atoms with E-state index in [1.165, 1.54) is 11.8 Å². The van der Waals surface area contributed by atoms with Crippen LogP contribution in [-0.4, -0.2) is 17.3 Å². The van der Waals surface area contributed by atoms with E-state index < -0.39 is 0 Å². The molecule has 1 saturated heterocycles. The van der Waals surface area contributed by atoms with E-state index in [0.717, 1.165) is 22.6 Å². The summed E-state index contributed by atoms with van der Waals surface area (Å²) in [6.45, 7) is 0.405. The SMILES string of the molecule is COc1ccccc1COc1ccccc1/C=C/C=C1/SC(=S)NC1=O. The second kappa shape index (κ2) is 8.69. The van der Waals surface area contributed by atoms with Crippen LogP contribution in [0.4, 0.5) is 0 Å². The third kappa shape index (κ3) is 4.53. The second-order valence-electron chi connectivity index (χ2n) is 5.37. The first kappa shape index (κ1) is 18.2. The number of carbonyl (C=O) groups is 1. The van der Waals surface area contributed by atoms with E-state index in [0.29, 0.717) is 15.8 Å². The normalized spacial score (nSPS) is 15.5. The number of methoxy groups -OCH3 is 1. The zero-order valence-electron chi connectivity index (χ0n) is 14.1. The number of allylic oxidation sites excluding steroid dienone is 2. The summed E-state index contributed by atoms with van der Waals surface area (Å²) >= 11 is 6.24. The van der Waals surface area contributed by atoms with Gasteiger partial charge in [-0.15, -0.1) is 0 Å². The van der Waals surface area contributed by atoms with Crippen LogP contribution in [0.5, 0.6) is 11.5 Å². The maximum atomic E-state index is 11.7. The molecule has 132 valence electrons. The Balaban J connectivity index is 1.72. The molecule has 0 spiro atoms. The second-order valence-corrected chi connectivity index (χ2v) is 7.09. The number of hydrogen-bond acceptors (Lipinski definition) is 5. The predicted molar refractivity (Wildman–Crippen MR) is 109 cm³/mol. The van der Waals surface area contributed by atoms with Gasteiger partial charge in [-0.1, -0.05) is 72.5 Å². The Morgan fingerprint density at radius 3 is 2.58 bits per heavy atom. The zero-order chi connectivity index (χ0) is 18.4. The molecule has 26 heavy (non-hydrogen) atoms. The van der Waals surface area contributed by atoms with Gasteiger partial charge in [0.15, 0.2) is 0 Å². The fourth-order valence-electron chi connectivity index (χ4n) is 2.40. The summed E-state index contributed by atoms with van der Waals surface area (Å²) in [6.07, 6.45) is 5.47. The lowest BCUT2D eigenvalue weighted by molar-refractivity contribution is -0.115. The summed E-state index contributed by atoms with van der Waals surface area (Å²) in [7, 11) is 1.64. The molecular weight excluding hydrogens is 366 g/mol. The Labute approximate surface area is 161 Å². The number of thioether (sulfide) groups is 1. The maximum absolute atomic E-state index is 11.7. The van der Waals surface area contributed by atoms with Gasteiger partial charge in [0.2, 0.25) is 0 Å². The van der Waals surface area contributed by atoms with Gasteiger partial charge in [-0.3, -0.25) is 4.79 Å². The molecule has 0 atom stereocenters. The lowest BCUT2D eigenvalue weighted by Gasteiger charge is -2.11. The van der Waals surface area contributed by atoms with Crippen molar-refractivity contribution in [2.45, 2.75) is 6.61 Å². The molecule has 4 nitrogen and oxygen atoms in total. The monoisotopic (exact) mass is 383 g/mol. The molecule has 0 aliphatic carbocycles. The number of amides is 1. The van der Waals surface area contributed by atoms with Gasteiger partial charge in [-0.05, 0) is 18.2 Å². The average molecular weight is 383 g/mol. The highest BCUT2D eigenvalue weighted by Gasteiger charge is 2.20. The molecule has 0 bridgehead atoms. The molecule has 1 fully saturated rings. The van der Waals surface area contributed by atoms with Crippen LogP contribution in [0.2, 0.25) is 0 Å². The van der Waals surface area contributed by atoms with E-state index in [1.807, 2.05) is 60.7 Å². The first-order chi connectivity index (χ1) is 12.7. The van der Waals surface area contributed by atoms with Crippen molar-refractivity contribution in [1.82, 2.24) is 5.32 Å². The highest BCUT2D eigenvalue weighted by atomic mass is 32.2. The molecule has 1 N–H and O–H groups in total. The van der Waals surface area contributed by atoms with Gasteiger partial charge >= 0.3 is 0 Å². The number of nitrogens with one attached hydrogen (secondary N) is 1. The minimum atomic E-state index is -0.162. The van der Waals surface area contributed by atoms with Gasteiger partial charge < -0.3 is 14.8 Å². The van der Waals surface area contributed by atoms with Gasteiger partial charge in [-0.25, -0.2) is 0 Å². The highest BCUT2D eigenvalue weighted by Crippen LogP contribution is 2.25. The van der Waals surface area contributed by atoms with Crippen LogP contribution in [0.3, 0.4) is 0 Å². The Bertz CT molecular complexity index is 890. The number of para-hydroxylation sites is 2. The number of carbonyl (C=O) groups excluding carboxylic acids is 1. The van der Waals surface area contributed by atoms with E-state index in [9.17, 15) is 4.79 Å². The molecule has 3 rings (SSSR count). The molecule has 6 heteroatoms. The van der Waals surface area contributed by atoms with E-state index >= 15 is 0 Å². The molecular formula is C20H17NO3S2. The maximum Gasteiger partial charge on any atom is 0.263 e. The quantitative estimate of drug-likeness (QED) is 0.595. The number of hydrogen-bond donors (Lipinski definition) is 1.